The number of hydrogen-bond acceptors (Lipinski definition) is 3. The molecule has 3 atom stereocenters. The van der Waals surface area contributed by atoms with Gasteiger partial charge in [-0.05, 0) is 58.2 Å². The van der Waals surface area contributed by atoms with Gasteiger partial charge in [0.25, 0.3) is 0 Å². The number of nitrogens with one attached hydrogen (secondary N) is 2. The van der Waals surface area contributed by atoms with E-state index in [4.69, 9.17) is 5.11 Å². The van der Waals surface area contributed by atoms with E-state index in [1.54, 1.807) is 0 Å². The van der Waals surface area contributed by atoms with Gasteiger partial charge in [0.2, 0.25) is 0 Å². The predicted molar refractivity (Wildman–Crippen MR) is 96.9 cm³/mol. The molecular formula is C19H31N3O2. The lowest BCUT2D eigenvalue weighted by molar-refractivity contribution is 0.191. The highest BCUT2D eigenvalue weighted by atomic mass is 16.3. The summed E-state index contributed by atoms with van der Waals surface area (Å²) < 4.78 is 0. The summed E-state index contributed by atoms with van der Waals surface area (Å²) in [5, 5.41) is 15.3. The molecule has 3 unspecified atom stereocenters. The summed E-state index contributed by atoms with van der Waals surface area (Å²) in [5.74, 6) is 0. The summed E-state index contributed by atoms with van der Waals surface area (Å²) >= 11 is 0. The van der Waals surface area contributed by atoms with E-state index in [1.165, 1.54) is 6.42 Å². The number of aliphatic hydroxyl groups is 1. The highest BCUT2D eigenvalue weighted by Gasteiger charge is 2.25. The minimum atomic E-state index is -0.105. The van der Waals surface area contributed by atoms with Crippen LogP contribution in [-0.2, 0) is 0 Å². The number of rotatable bonds is 7. The van der Waals surface area contributed by atoms with E-state index in [-0.39, 0.29) is 24.7 Å². The lowest BCUT2D eigenvalue weighted by atomic mass is 9.90. The monoisotopic (exact) mass is 333 g/mol. The fourth-order valence-corrected chi connectivity index (χ4v) is 3.45. The van der Waals surface area contributed by atoms with Gasteiger partial charge in [-0.3, -0.25) is 0 Å². The zero-order valence-corrected chi connectivity index (χ0v) is 14.9. The Labute approximate surface area is 145 Å². The molecule has 1 aromatic carbocycles. The molecule has 2 rings (SSSR count). The second-order valence-corrected chi connectivity index (χ2v) is 6.93. The summed E-state index contributed by atoms with van der Waals surface area (Å²) in [4.78, 5) is 14.7. The Hall–Kier alpha value is -1.59. The van der Waals surface area contributed by atoms with E-state index in [2.05, 4.69) is 29.6 Å². The fourth-order valence-electron chi connectivity index (χ4n) is 3.45. The van der Waals surface area contributed by atoms with Gasteiger partial charge in [0.05, 0.1) is 6.04 Å². The van der Waals surface area contributed by atoms with Crippen molar-refractivity contribution < 1.29 is 9.90 Å². The number of amides is 2. The molecule has 5 nitrogen and oxygen atoms in total. The Kier molecular flexibility index (Phi) is 7.53. The van der Waals surface area contributed by atoms with Crippen molar-refractivity contribution in [2.24, 2.45) is 0 Å². The molecular weight excluding hydrogens is 302 g/mol. The highest BCUT2D eigenvalue weighted by molar-refractivity contribution is 5.74. The lowest BCUT2D eigenvalue weighted by Crippen LogP contribution is -2.47. The Morgan fingerprint density at radius 3 is 2.71 bits per heavy atom. The summed E-state index contributed by atoms with van der Waals surface area (Å²) in [6, 6.07) is 10.6. The van der Waals surface area contributed by atoms with Crippen molar-refractivity contribution in [1.29, 1.82) is 0 Å². The fraction of sp³-hybridized carbons (Fsp3) is 0.632. The van der Waals surface area contributed by atoms with Gasteiger partial charge in [-0.1, -0.05) is 30.3 Å². The van der Waals surface area contributed by atoms with Crippen LogP contribution in [0.4, 0.5) is 4.79 Å². The highest BCUT2D eigenvalue weighted by Crippen LogP contribution is 2.22. The number of nitrogens with zero attached hydrogens (tertiary/aromatic N) is 1. The number of carbonyl (C=O) groups excluding carboxylic acids is 1. The van der Waals surface area contributed by atoms with E-state index in [0.717, 1.165) is 31.2 Å². The molecule has 24 heavy (non-hydrogen) atoms. The van der Waals surface area contributed by atoms with Gasteiger partial charge in [-0.2, -0.15) is 0 Å². The van der Waals surface area contributed by atoms with Crippen molar-refractivity contribution in [3.63, 3.8) is 0 Å². The molecule has 1 fully saturated rings. The Balaban J connectivity index is 1.90. The van der Waals surface area contributed by atoms with Crippen LogP contribution in [0, 0.1) is 0 Å². The van der Waals surface area contributed by atoms with Crippen LogP contribution >= 0.6 is 0 Å². The average Bonchev–Trinajstić information content (AvgIpc) is 2.59. The quantitative estimate of drug-likeness (QED) is 0.719. The Bertz CT molecular complexity index is 493. The van der Waals surface area contributed by atoms with Crippen molar-refractivity contribution in [3.05, 3.63) is 35.9 Å². The Morgan fingerprint density at radius 2 is 2.04 bits per heavy atom. The maximum atomic E-state index is 12.4. The van der Waals surface area contributed by atoms with Crippen molar-refractivity contribution in [1.82, 2.24) is 15.5 Å². The van der Waals surface area contributed by atoms with Crippen molar-refractivity contribution in [3.8, 4) is 0 Å². The molecule has 0 radical (unpaired) electrons. The first-order valence-corrected chi connectivity index (χ1v) is 8.99. The van der Waals surface area contributed by atoms with Gasteiger partial charge in [0, 0.05) is 18.7 Å². The van der Waals surface area contributed by atoms with Gasteiger partial charge in [0.1, 0.15) is 0 Å². The molecule has 5 heteroatoms. The van der Waals surface area contributed by atoms with Crippen molar-refractivity contribution >= 4 is 6.03 Å². The molecule has 0 heterocycles. The normalized spacial score (nSPS) is 22.2. The van der Waals surface area contributed by atoms with Crippen LogP contribution in [0.15, 0.2) is 30.3 Å². The molecule has 134 valence electrons. The zero-order valence-electron chi connectivity index (χ0n) is 14.9. The first kappa shape index (κ1) is 18.7. The summed E-state index contributed by atoms with van der Waals surface area (Å²) in [6.45, 7) is 0.139. The molecule has 1 aliphatic carbocycles. The summed E-state index contributed by atoms with van der Waals surface area (Å²) in [6.07, 6.45) is 5.82. The number of urea groups is 1. The van der Waals surface area contributed by atoms with E-state index in [0.29, 0.717) is 12.5 Å². The molecule has 1 saturated carbocycles. The SMILES string of the molecule is CN(C)C1CCCC(NC(=O)NC(CCCO)c2ccccc2)C1. The minimum Gasteiger partial charge on any atom is -0.396 e. The van der Waals surface area contributed by atoms with Gasteiger partial charge >= 0.3 is 6.03 Å². The topological polar surface area (TPSA) is 64.6 Å². The average molecular weight is 333 g/mol. The van der Waals surface area contributed by atoms with Gasteiger partial charge in [-0.25, -0.2) is 4.79 Å². The van der Waals surface area contributed by atoms with Crippen LogP contribution in [0.25, 0.3) is 0 Å². The van der Waals surface area contributed by atoms with Gasteiger partial charge < -0.3 is 20.6 Å². The van der Waals surface area contributed by atoms with Crippen molar-refractivity contribution in [2.45, 2.75) is 56.7 Å². The first-order chi connectivity index (χ1) is 11.6. The standard InChI is InChI=1S/C19H31N3O2/c1-22(2)17-11-6-10-16(14-17)20-19(24)21-18(12-7-13-23)15-8-4-3-5-9-15/h3-5,8-9,16-18,23H,6-7,10-14H2,1-2H3,(H2,20,21,24). The van der Waals surface area contributed by atoms with E-state index in [9.17, 15) is 4.79 Å². The van der Waals surface area contributed by atoms with Crippen LogP contribution in [0.3, 0.4) is 0 Å². The molecule has 0 saturated heterocycles. The smallest absolute Gasteiger partial charge is 0.315 e. The summed E-state index contributed by atoms with van der Waals surface area (Å²) in [5.41, 5.74) is 1.08. The van der Waals surface area contributed by atoms with Gasteiger partial charge in [0.15, 0.2) is 0 Å². The minimum absolute atomic E-state index is 0.0633. The van der Waals surface area contributed by atoms with Crippen LogP contribution < -0.4 is 10.6 Å². The first-order valence-electron chi connectivity index (χ1n) is 8.99. The predicted octanol–water partition coefficient (Wildman–Crippen LogP) is 2.67. The van der Waals surface area contributed by atoms with E-state index < -0.39 is 0 Å². The molecule has 0 aromatic heterocycles. The molecule has 1 aromatic rings. The largest absolute Gasteiger partial charge is 0.396 e. The van der Waals surface area contributed by atoms with Crippen LogP contribution in [0.1, 0.15) is 50.1 Å². The molecule has 0 bridgehead atoms. The third-order valence-electron chi connectivity index (χ3n) is 4.87. The molecule has 3 N–H and O–H groups in total. The second-order valence-electron chi connectivity index (χ2n) is 6.93. The van der Waals surface area contributed by atoms with E-state index in [1.807, 2.05) is 30.3 Å². The third kappa shape index (κ3) is 5.80. The maximum absolute atomic E-state index is 12.4. The van der Waals surface area contributed by atoms with Crippen LogP contribution in [0.2, 0.25) is 0 Å². The molecule has 2 amide bonds. The zero-order chi connectivity index (χ0) is 17.4. The van der Waals surface area contributed by atoms with Gasteiger partial charge in [-0.15, -0.1) is 0 Å². The summed E-state index contributed by atoms with van der Waals surface area (Å²) in [7, 11) is 4.21. The number of aliphatic hydroxyl groups excluding tert-OH is 1. The van der Waals surface area contributed by atoms with Crippen molar-refractivity contribution in [2.75, 3.05) is 20.7 Å². The molecule has 1 aliphatic rings. The Morgan fingerprint density at radius 1 is 1.29 bits per heavy atom. The second kappa shape index (κ2) is 9.64. The van der Waals surface area contributed by atoms with E-state index >= 15 is 0 Å². The van der Waals surface area contributed by atoms with Crippen LogP contribution in [0.5, 0.6) is 0 Å². The molecule has 0 spiro atoms. The lowest BCUT2D eigenvalue weighted by Gasteiger charge is -2.34. The number of carbonyl (C=O) groups is 1. The van der Waals surface area contributed by atoms with Crippen LogP contribution in [-0.4, -0.2) is 48.8 Å². The maximum Gasteiger partial charge on any atom is 0.315 e. The molecule has 0 aliphatic heterocycles. The number of hydrogen-bond donors (Lipinski definition) is 3. The number of benzene rings is 1. The third-order valence-corrected chi connectivity index (χ3v) is 4.87.